The summed E-state index contributed by atoms with van der Waals surface area (Å²) in [6.45, 7) is 4.37. The van der Waals surface area contributed by atoms with Crippen molar-refractivity contribution < 1.29 is 14.6 Å². The van der Waals surface area contributed by atoms with E-state index in [4.69, 9.17) is 16.7 Å². The lowest BCUT2D eigenvalue weighted by Crippen LogP contribution is -2.17. The molecule has 0 spiro atoms. The van der Waals surface area contributed by atoms with Crippen LogP contribution in [0.2, 0.25) is 0 Å². The van der Waals surface area contributed by atoms with E-state index in [2.05, 4.69) is 11.3 Å². The van der Waals surface area contributed by atoms with Crippen molar-refractivity contribution in [2.24, 2.45) is 0 Å². The second-order valence-electron chi connectivity index (χ2n) is 1.45. The zero-order valence-corrected chi connectivity index (χ0v) is 5.68. The van der Waals surface area contributed by atoms with Crippen LogP contribution in [0.3, 0.4) is 0 Å². The van der Waals surface area contributed by atoms with Crippen molar-refractivity contribution >= 4 is 17.6 Å². The lowest BCUT2D eigenvalue weighted by Gasteiger charge is -2.01. The van der Waals surface area contributed by atoms with Gasteiger partial charge in [-0.2, -0.15) is 0 Å². The van der Waals surface area contributed by atoms with Crippen molar-refractivity contribution in [1.82, 2.24) is 0 Å². The summed E-state index contributed by atoms with van der Waals surface area (Å²) < 4.78 is 4.19. The van der Waals surface area contributed by atoms with Crippen molar-refractivity contribution in [2.45, 2.75) is 13.0 Å². The van der Waals surface area contributed by atoms with Crippen LogP contribution >= 0.6 is 11.6 Å². The summed E-state index contributed by atoms with van der Waals surface area (Å²) in [4.78, 5) is 10.3. The highest BCUT2D eigenvalue weighted by Gasteiger charge is 2.09. The average Bonchev–Trinajstić information content (AvgIpc) is 1.63. The molecule has 0 radical (unpaired) electrons. The van der Waals surface area contributed by atoms with Gasteiger partial charge in [0.1, 0.15) is 6.10 Å². The molecule has 0 aromatic carbocycles. The van der Waals surface area contributed by atoms with Gasteiger partial charge in [0.05, 0.1) is 0 Å². The molecule has 0 aliphatic heterocycles. The number of esters is 1. The second kappa shape index (κ2) is 3.48. The SMILES string of the molecule is C=C(Cl)OC(=O)C(C)O. The van der Waals surface area contributed by atoms with E-state index in [0.717, 1.165) is 0 Å². The number of carbonyl (C=O) groups excluding carboxylic acids is 1. The van der Waals surface area contributed by atoms with Crippen LogP contribution in [-0.2, 0) is 9.53 Å². The Balaban J connectivity index is 3.64. The van der Waals surface area contributed by atoms with E-state index in [0.29, 0.717) is 0 Å². The van der Waals surface area contributed by atoms with Crippen LogP contribution in [0, 0.1) is 0 Å². The van der Waals surface area contributed by atoms with Crippen molar-refractivity contribution in [3.8, 4) is 0 Å². The van der Waals surface area contributed by atoms with E-state index in [1.807, 2.05) is 0 Å². The molecule has 0 fully saturated rings. The third-order valence-corrected chi connectivity index (χ3v) is 0.630. The first-order valence-corrected chi connectivity index (χ1v) is 2.66. The monoisotopic (exact) mass is 150 g/mol. The standard InChI is InChI=1S/C5H7ClO3/c1-3(7)5(8)9-4(2)6/h3,7H,2H2,1H3. The summed E-state index contributed by atoms with van der Waals surface area (Å²) in [7, 11) is 0. The van der Waals surface area contributed by atoms with Crippen LogP contribution < -0.4 is 0 Å². The second-order valence-corrected chi connectivity index (χ2v) is 1.87. The van der Waals surface area contributed by atoms with E-state index < -0.39 is 12.1 Å². The maximum absolute atomic E-state index is 10.3. The molecule has 0 aliphatic rings. The van der Waals surface area contributed by atoms with Crippen LogP contribution in [-0.4, -0.2) is 17.2 Å². The Morgan fingerprint density at radius 2 is 2.33 bits per heavy atom. The van der Waals surface area contributed by atoms with Gasteiger partial charge in [0.2, 0.25) is 0 Å². The normalized spacial score (nSPS) is 12.3. The number of aliphatic hydroxyl groups excluding tert-OH is 1. The van der Waals surface area contributed by atoms with E-state index in [1.54, 1.807) is 0 Å². The molecular formula is C5H7ClO3. The first-order chi connectivity index (χ1) is 4.04. The summed E-state index contributed by atoms with van der Waals surface area (Å²) in [5, 5.41) is 8.26. The Labute approximate surface area is 57.9 Å². The molecule has 0 aliphatic carbocycles. The highest BCUT2D eigenvalue weighted by molar-refractivity contribution is 6.28. The van der Waals surface area contributed by atoms with E-state index in [-0.39, 0.29) is 5.22 Å². The van der Waals surface area contributed by atoms with Crippen molar-refractivity contribution in [3.63, 3.8) is 0 Å². The Bertz CT molecular complexity index is 130. The Hall–Kier alpha value is -0.540. The lowest BCUT2D eigenvalue weighted by atomic mass is 10.4. The van der Waals surface area contributed by atoms with Crippen LogP contribution in [0.5, 0.6) is 0 Å². The first-order valence-electron chi connectivity index (χ1n) is 2.28. The molecule has 0 amide bonds. The molecule has 0 heterocycles. The highest BCUT2D eigenvalue weighted by atomic mass is 35.5. The van der Waals surface area contributed by atoms with Gasteiger partial charge in [0.15, 0.2) is 5.22 Å². The van der Waals surface area contributed by atoms with Crippen LogP contribution in [0.1, 0.15) is 6.92 Å². The van der Waals surface area contributed by atoms with Crippen LogP contribution in [0.15, 0.2) is 11.8 Å². The topological polar surface area (TPSA) is 46.5 Å². The molecule has 3 nitrogen and oxygen atoms in total. The molecule has 0 aromatic rings. The first kappa shape index (κ1) is 8.46. The van der Waals surface area contributed by atoms with Gasteiger partial charge in [0.25, 0.3) is 0 Å². The van der Waals surface area contributed by atoms with E-state index in [9.17, 15) is 4.79 Å². The van der Waals surface area contributed by atoms with Gasteiger partial charge in [-0.25, -0.2) is 4.79 Å². The number of carbonyl (C=O) groups is 1. The van der Waals surface area contributed by atoms with Crippen molar-refractivity contribution in [3.05, 3.63) is 11.8 Å². The largest absolute Gasteiger partial charge is 0.413 e. The predicted molar refractivity (Wildman–Crippen MR) is 32.8 cm³/mol. The molecular weight excluding hydrogens is 144 g/mol. The third-order valence-electron chi connectivity index (χ3n) is 0.552. The summed E-state index contributed by atoms with van der Waals surface area (Å²) in [5.41, 5.74) is 0. The molecule has 4 heteroatoms. The fourth-order valence-electron chi connectivity index (χ4n) is 0.194. The van der Waals surface area contributed by atoms with Gasteiger partial charge >= 0.3 is 5.97 Å². The summed E-state index contributed by atoms with van der Waals surface area (Å²) in [5.74, 6) is -0.796. The minimum absolute atomic E-state index is 0.235. The molecule has 52 valence electrons. The number of hydrogen-bond acceptors (Lipinski definition) is 3. The molecule has 1 unspecified atom stereocenters. The molecule has 0 rings (SSSR count). The maximum atomic E-state index is 10.3. The van der Waals surface area contributed by atoms with E-state index >= 15 is 0 Å². The zero-order valence-electron chi connectivity index (χ0n) is 4.93. The number of halogens is 1. The molecule has 1 atom stereocenters. The molecule has 9 heavy (non-hydrogen) atoms. The van der Waals surface area contributed by atoms with Gasteiger partial charge < -0.3 is 9.84 Å². The van der Waals surface area contributed by atoms with Gasteiger partial charge in [-0.3, -0.25) is 0 Å². The zero-order chi connectivity index (χ0) is 7.44. The minimum atomic E-state index is -1.15. The Kier molecular flexibility index (Phi) is 3.27. The predicted octanol–water partition coefficient (Wildman–Crippen LogP) is 0.620. The van der Waals surface area contributed by atoms with Gasteiger partial charge in [-0.15, -0.1) is 0 Å². The number of ether oxygens (including phenoxy) is 1. The Morgan fingerprint density at radius 1 is 1.89 bits per heavy atom. The van der Waals surface area contributed by atoms with Crippen molar-refractivity contribution in [2.75, 3.05) is 0 Å². The summed E-state index contributed by atoms with van der Waals surface area (Å²) in [6, 6.07) is 0. The van der Waals surface area contributed by atoms with Crippen LogP contribution in [0.4, 0.5) is 0 Å². The maximum Gasteiger partial charge on any atom is 0.340 e. The fourth-order valence-corrected chi connectivity index (χ4v) is 0.270. The number of rotatable bonds is 2. The smallest absolute Gasteiger partial charge is 0.340 e. The summed E-state index contributed by atoms with van der Waals surface area (Å²) >= 11 is 5.07. The lowest BCUT2D eigenvalue weighted by molar-refractivity contribution is -0.147. The van der Waals surface area contributed by atoms with Gasteiger partial charge in [-0.1, -0.05) is 0 Å². The quantitative estimate of drug-likeness (QED) is 0.464. The van der Waals surface area contributed by atoms with Crippen LogP contribution in [0.25, 0.3) is 0 Å². The van der Waals surface area contributed by atoms with Crippen molar-refractivity contribution in [1.29, 1.82) is 0 Å². The number of aliphatic hydroxyl groups is 1. The molecule has 0 bridgehead atoms. The molecule has 0 aromatic heterocycles. The van der Waals surface area contributed by atoms with Gasteiger partial charge in [-0.05, 0) is 25.1 Å². The van der Waals surface area contributed by atoms with Gasteiger partial charge in [0, 0.05) is 0 Å². The molecule has 0 saturated carbocycles. The Morgan fingerprint density at radius 3 is 2.44 bits per heavy atom. The van der Waals surface area contributed by atoms with E-state index in [1.165, 1.54) is 6.92 Å². The highest BCUT2D eigenvalue weighted by Crippen LogP contribution is 2.00. The fraction of sp³-hybridized carbons (Fsp3) is 0.400. The molecule has 0 saturated heterocycles. The summed E-state index contributed by atoms with van der Waals surface area (Å²) in [6.07, 6.45) is -1.15. The molecule has 1 N–H and O–H groups in total. The average molecular weight is 151 g/mol. The number of hydrogen-bond donors (Lipinski definition) is 1. The minimum Gasteiger partial charge on any atom is -0.413 e. The third kappa shape index (κ3) is 4.00.